The normalized spacial score (nSPS) is 18.4. The number of likely N-dealkylation sites (tertiary alicyclic amines) is 1. The smallest absolute Gasteiger partial charge is 0.253 e. The van der Waals surface area contributed by atoms with Crippen molar-refractivity contribution in [2.24, 2.45) is 0 Å². The van der Waals surface area contributed by atoms with Gasteiger partial charge in [-0.25, -0.2) is 4.98 Å². The third-order valence-corrected chi connectivity index (χ3v) is 7.35. The highest BCUT2D eigenvalue weighted by Crippen LogP contribution is 2.34. The van der Waals surface area contributed by atoms with E-state index in [1.807, 2.05) is 35.2 Å². The molecule has 29 heavy (non-hydrogen) atoms. The predicted octanol–water partition coefficient (Wildman–Crippen LogP) is 5.64. The number of carbonyl (C=O) groups excluding carboxylic acids is 1. The molecule has 4 nitrogen and oxygen atoms in total. The van der Waals surface area contributed by atoms with E-state index < -0.39 is 0 Å². The minimum Gasteiger partial charge on any atom is -0.490 e. The summed E-state index contributed by atoms with van der Waals surface area (Å²) < 4.78 is 7.26. The van der Waals surface area contributed by atoms with Crippen molar-refractivity contribution in [3.63, 3.8) is 0 Å². The molecule has 1 saturated carbocycles. The number of rotatable bonds is 4. The summed E-state index contributed by atoms with van der Waals surface area (Å²) in [6.07, 6.45) is 7.11. The van der Waals surface area contributed by atoms with E-state index in [2.05, 4.69) is 18.2 Å². The fourth-order valence-electron chi connectivity index (χ4n) is 4.45. The van der Waals surface area contributed by atoms with Crippen LogP contribution in [0.1, 0.15) is 59.8 Å². The van der Waals surface area contributed by atoms with Gasteiger partial charge in [0.15, 0.2) is 0 Å². The quantitative estimate of drug-likeness (QED) is 0.563. The van der Waals surface area contributed by atoms with Gasteiger partial charge in [-0.15, -0.1) is 11.3 Å². The summed E-state index contributed by atoms with van der Waals surface area (Å²) in [6.45, 7) is 1.58. The molecule has 1 aliphatic carbocycles. The summed E-state index contributed by atoms with van der Waals surface area (Å²) >= 11 is 1.80. The topological polar surface area (TPSA) is 42.4 Å². The number of fused-ring (bicyclic) bond motifs is 1. The first-order chi connectivity index (χ1) is 14.3. The lowest BCUT2D eigenvalue weighted by molar-refractivity contribution is 0.0713. The number of ether oxygens (including phenoxy) is 1. The van der Waals surface area contributed by atoms with Crippen LogP contribution in [0.3, 0.4) is 0 Å². The highest BCUT2D eigenvalue weighted by molar-refractivity contribution is 7.18. The third-order valence-electron chi connectivity index (χ3n) is 6.15. The molecule has 2 heterocycles. The van der Waals surface area contributed by atoms with E-state index in [-0.39, 0.29) is 5.91 Å². The van der Waals surface area contributed by atoms with Crippen LogP contribution in [0, 0.1) is 0 Å². The second-order valence-electron chi connectivity index (χ2n) is 8.13. The zero-order valence-corrected chi connectivity index (χ0v) is 17.4. The van der Waals surface area contributed by atoms with Crippen LogP contribution >= 0.6 is 11.3 Å². The fraction of sp³-hybridized carbons (Fsp3) is 0.417. The number of para-hydroxylation sites is 1. The molecule has 3 aromatic rings. The zero-order chi connectivity index (χ0) is 19.6. The first-order valence-corrected chi connectivity index (χ1v) is 11.5. The van der Waals surface area contributed by atoms with Gasteiger partial charge in [0, 0.05) is 24.6 Å². The van der Waals surface area contributed by atoms with E-state index in [0.717, 1.165) is 55.6 Å². The minimum absolute atomic E-state index is 0.125. The third kappa shape index (κ3) is 4.01. The number of nitrogens with zero attached hydrogens (tertiary/aromatic N) is 2. The van der Waals surface area contributed by atoms with Crippen LogP contribution in [0.2, 0.25) is 0 Å². The highest BCUT2D eigenvalue weighted by atomic mass is 32.1. The van der Waals surface area contributed by atoms with Crippen molar-refractivity contribution in [1.29, 1.82) is 0 Å². The van der Waals surface area contributed by atoms with Crippen molar-refractivity contribution in [3.05, 3.63) is 59.1 Å². The molecule has 0 N–H and O–H groups in total. The Hall–Kier alpha value is -2.40. The maximum absolute atomic E-state index is 12.9. The number of carbonyl (C=O) groups is 1. The van der Waals surface area contributed by atoms with Crippen LogP contribution in [-0.4, -0.2) is 35.0 Å². The van der Waals surface area contributed by atoms with E-state index in [0.29, 0.717) is 12.0 Å². The molecular weight excluding hydrogens is 380 g/mol. The van der Waals surface area contributed by atoms with Crippen LogP contribution in [-0.2, 0) is 0 Å². The summed E-state index contributed by atoms with van der Waals surface area (Å²) in [6, 6.07) is 16.0. The predicted molar refractivity (Wildman–Crippen MR) is 117 cm³/mol. The molecule has 5 heteroatoms. The van der Waals surface area contributed by atoms with Gasteiger partial charge in [0.1, 0.15) is 5.75 Å². The van der Waals surface area contributed by atoms with E-state index in [4.69, 9.17) is 9.72 Å². The second kappa shape index (κ2) is 8.15. The van der Waals surface area contributed by atoms with Crippen LogP contribution in [0.5, 0.6) is 5.75 Å². The molecule has 0 unspecified atom stereocenters. The lowest BCUT2D eigenvalue weighted by atomic mass is 9.97. The van der Waals surface area contributed by atoms with E-state index >= 15 is 0 Å². The van der Waals surface area contributed by atoms with Crippen LogP contribution < -0.4 is 4.74 Å². The van der Waals surface area contributed by atoms with Crippen molar-refractivity contribution in [1.82, 2.24) is 9.88 Å². The van der Waals surface area contributed by atoms with Gasteiger partial charge in [-0.1, -0.05) is 12.1 Å². The maximum atomic E-state index is 12.9. The van der Waals surface area contributed by atoms with Gasteiger partial charge < -0.3 is 9.64 Å². The Morgan fingerprint density at radius 2 is 1.69 bits per heavy atom. The van der Waals surface area contributed by atoms with Gasteiger partial charge in [0.25, 0.3) is 5.91 Å². The molecule has 150 valence electrons. The van der Waals surface area contributed by atoms with Crippen LogP contribution in [0.15, 0.2) is 48.5 Å². The Bertz CT molecular complexity index is 951. The Labute approximate surface area is 175 Å². The summed E-state index contributed by atoms with van der Waals surface area (Å²) in [7, 11) is 0. The van der Waals surface area contributed by atoms with Gasteiger partial charge in [-0.3, -0.25) is 4.79 Å². The summed E-state index contributed by atoms with van der Waals surface area (Å²) in [5.74, 6) is 1.46. The van der Waals surface area contributed by atoms with E-state index in [1.54, 1.807) is 11.3 Å². The number of hydrogen-bond acceptors (Lipinski definition) is 4. The monoisotopic (exact) mass is 406 g/mol. The average molecular weight is 407 g/mol. The number of aromatic nitrogens is 1. The first-order valence-electron chi connectivity index (χ1n) is 10.7. The van der Waals surface area contributed by atoms with Crippen molar-refractivity contribution in [2.75, 3.05) is 13.1 Å². The summed E-state index contributed by atoms with van der Waals surface area (Å²) in [4.78, 5) is 19.7. The standard InChI is InChI=1S/C24H26N2O2S/c27-24(18-9-11-20(12-10-18)28-19-5-1-2-6-19)26-15-13-17(14-16-26)23-25-21-7-3-4-8-22(21)29-23/h3-4,7-12,17,19H,1-2,5-6,13-16H2. The number of piperidine rings is 1. The number of hydrogen-bond donors (Lipinski definition) is 0. The minimum atomic E-state index is 0.125. The van der Waals surface area contributed by atoms with Crippen LogP contribution in [0.25, 0.3) is 10.2 Å². The average Bonchev–Trinajstić information content (AvgIpc) is 3.43. The number of thiazole rings is 1. The number of amides is 1. The van der Waals surface area contributed by atoms with E-state index in [9.17, 15) is 4.79 Å². The SMILES string of the molecule is O=C(c1ccc(OC2CCCC2)cc1)N1CCC(c2nc3ccccc3s2)CC1. The molecule has 5 rings (SSSR count). The molecule has 2 aromatic carbocycles. The Morgan fingerprint density at radius 1 is 0.966 bits per heavy atom. The number of benzene rings is 2. The van der Waals surface area contributed by atoms with Gasteiger partial charge in [0.2, 0.25) is 0 Å². The molecule has 1 aromatic heterocycles. The molecule has 1 aliphatic heterocycles. The molecule has 0 radical (unpaired) electrons. The van der Waals surface area contributed by atoms with Crippen molar-refractivity contribution < 1.29 is 9.53 Å². The zero-order valence-electron chi connectivity index (χ0n) is 16.5. The molecule has 2 fully saturated rings. The van der Waals surface area contributed by atoms with Crippen molar-refractivity contribution >= 4 is 27.5 Å². The van der Waals surface area contributed by atoms with E-state index in [1.165, 1.54) is 22.5 Å². The Kier molecular flexibility index (Phi) is 5.23. The summed E-state index contributed by atoms with van der Waals surface area (Å²) in [5, 5.41) is 1.21. The first kappa shape index (κ1) is 18.6. The molecule has 1 saturated heterocycles. The lowest BCUT2D eigenvalue weighted by Gasteiger charge is -2.31. The van der Waals surface area contributed by atoms with Gasteiger partial charge >= 0.3 is 0 Å². The Morgan fingerprint density at radius 3 is 2.41 bits per heavy atom. The molecule has 2 aliphatic rings. The van der Waals surface area contributed by atoms with Gasteiger partial charge in [-0.05, 0) is 74.9 Å². The lowest BCUT2D eigenvalue weighted by Crippen LogP contribution is -2.37. The Balaban J connectivity index is 1.19. The highest BCUT2D eigenvalue weighted by Gasteiger charge is 2.26. The molecule has 0 bridgehead atoms. The molecule has 1 amide bonds. The van der Waals surface area contributed by atoms with Crippen LogP contribution in [0.4, 0.5) is 0 Å². The van der Waals surface area contributed by atoms with Crippen molar-refractivity contribution in [2.45, 2.75) is 50.5 Å². The molecule has 0 spiro atoms. The van der Waals surface area contributed by atoms with Gasteiger partial charge in [-0.2, -0.15) is 0 Å². The van der Waals surface area contributed by atoms with Gasteiger partial charge in [0.05, 0.1) is 21.3 Å². The maximum Gasteiger partial charge on any atom is 0.253 e. The fourth-order valence-corrected chi connectivity index (χ4v) is 5.59. The molecule has 0 atom stereocenters. The van der Waals surface area contributed by atoms with Crippen molar-refractivity contribution in [3.8, 4) is 5.75 Å². The molecular formula is C24H26N2O2S. The summed E-state index contributed by atoms with van der Waals surface area (Å²) in [5.41, 5.74) is 1.84. The second-order valence-corrected chi connectivity index (χ2v) is 9.20. The largest absolute Gasteiger partial charge is 0.490 e.